The van der Waals surface area contributed by atoms with E-state index in [1.807, 2.05) is 12.1 Å². The Hall–Kier alpha value is -1.37. The molecule has 0 spiro atoms. The molecule has 1 radical (unpaired) electrons. The summed E-state index contributed by atoms with van der Waals surface area (Å²) < 4.78 is 0. The summed E-state index contributed by atoms with van der Waals surface area (Å²) in [6, 6.07) is 8.16. The summed E-state index contributed by atoms with van der Waals surface area (Å²) in [4.78, 5) is 9.94. The number of hydrogen-bond acceptors (Lipinski definition) is 1. The summed E-state index contributed by atoms with van der Waals surface area (Å²) in [6.07, 6.45) is 4.85. The van der Waals surface area contributed by atoms with Gasteiger partial charge in [-0.25, -0.2) is 0 Å². The molecule has 0 aliphatic carbocycles. The van der Waals surface area contributed by atoms with Crippen LogP contribution in [0.15, 0.2) is 30.3 Å². The fraction of sp³-hybridized carbons (Fsp3) is 0.250. The van der Waals surface area contributed by atoms with E-state index in [-0.39, 0.29) is 0 Å². The van der Waals surface area contributed by atoms with Gasteiger partial charge in [0.2, 0.25) is 6.29 Å². The molecule has 0 N–H and O–H groups in total. The predicted octanol–water partition coefficient (Wildman–Crippen LogP) is 2.93. The lowest BCUT2D eigenvalue weighted by atomic mass is 10.0. The van der Waals surface area contributed by atoms with E-state index in [1.165, 1.54) is 11.6 Å². The summed E-state index contributed by atoms with van der Waals surface area (Å²) in [5.41, 5.74) is 2.35. The van der Waals surface area contributed by atoms with Crippen LogP contribution >= 0.6 is 0 Å². The molecule has 0 amide bonds. The lowest BCUT2D eigenvalue weighted by Gasteiger charge is -2.04. The van der Waals surface area contributed by atoms with Gasteiger partial charge >= 0.3 is 0 Å². The summed E-state index contributed by atoms with van der Waals surface area (Å²) in [6.45, 7) is 4.31. The first-order valence-electron chi connectivity index (χ1n) is 4.38. The molecule has 0 aromatic heterocycles. The van der Waals surface area contributed by atoms with Gasteiger partial charge in [0.15, 0.2) is 0 Å². The molecular formula is C12H13O. The Labute approximate surface area is 79.1 Å². The molecule has 0 aliphatic heterocycles. The highest BCUT2D eigenvalue weighted by Crippen LogP contribution is 2.14. The second-order valence-corrected chi connectivity index (χ2v) is 3.27. The summed E-state index contributed by atoms with van der Waals surface area (Å²) in [5, 5.41) is 0. The molecule has 0 unspecified atom stereocenters. The average molecular weight is 173 g/mol. The van der Waals surface area contributed by atoms with E-state index in [0.29, 0.717) is 5.92 Å². The number of carbonyl (C=O) groups excluding carboxylic acids is 1. The van der Waals surface area contributed by atoms with Gasteiger partial charge in [-0.15, -0.1) is 0 Å². The van der Waals surface area contributed by atoms with Gasteiger partial charge < -0.3 is 0 Å². The highest BCUT2D eigenvalue weighted by Gasteiger charge is 1.96. The quantitative estimate of drug-likeness (QED) is 0.642. The highest BCUT2D eigenvalue weighted by molar-refractivity contribution is 5.74. The predicted molar refractivity (Wildman–Crippen MR) is 55.3 cm³/mol. The zero-order valence-electron chi connectivity index (χ0n) is 7.95. The van der Waals surface area contributed by atoms with Gasteiger partial charge in [0.05, 0.1) is 0 Å². The molecule has 1 rings (SSSR count). The van der Waals surface area contributed by atoms with Gasteiger partial charge in [0.25, 0.3) is 0 Å². The van der Waals surface area contributed by atoms with Crippen LogP contribution in [0, 0.1) is 0 Å². The van der Waals surface area contributed by atoms with Crippen LogP contribution in [-0.4, -0.2) is 6.29 Å². The minimum Gasteiger partial charge on any atom is -0.286 e. The molecule has 0 saturated heterocycles. The Kier molecular flexibility index (Phi) is 3.44. The molecule has 0 heterocycles. The summed E-state index contributed by atoms with van der Waals surface area (Å²) >= 11 is 0. The normalized spacial score (nSPS) is 11.0. The second kappa shape index (κ2) is 4.61. The second-order valence-electron chi connectivity index (χ2n) is 3.27. The fourth-order valence-corrected chi connectivity index (χ4v) is 1.12. The van der Waals surface area contributed by atoms with E-state index in [4.69, 9.17) is 0 Å². The van der Waals surface area contributed by atoms with Gasteiger partial charge in [0.1, 0.15) is 0 Å². The van der Waals surface area contributed by atoms with Crippen LogP contribution in [0.1, 0.15) is 30.9 Å². The maximum Gasteiger partial charge on any atom is 0.225 e. The molecule has 0 fully saturated rings. The van der Waals surface area contributed by atoms with Crippen molar-refractivity contribution in [1.82, 2.24) is 0 Å². The Morgan fingerprint density at radius 1 is 1.23 bits per heavy atom. The molecule has 0 bridgehead atoms. The van der Waals surface area contributed by atoms with Gasteiger partial charge in [-0.1, -0.05) is 44.2 Å². The number of benzene rings is 1. The average Bonchev–Trinajstić information content (AvgIpc) is 2.15. The van der Waals surface area contributed by atoms with Crippen molar-refractivity contribution in [3.8, 4) is 0 Å². The van der Waals surface area contributed by atoms with Gasteiger partial charge in [-0.3, -0.25) is 4.79 Å². The number of allylic oxidation sites excluding steroid dienone is 1. The van der Waals surface area contributed by atoms with Crippen molar-refractivity contribution >= 4 is 12.4 Å². The molecule has 1 heteroatoms. The topological polar surface area (TPSA) is 17.1 Å². The van der Waals surface area contributed by atoms with Crippen molar-refractivity contribution in [3.63, 3.8) is 0 Å². The molecule has 67 valence electrons. The minimum absolute atomic E-state index is 0.552. The smallest absolute Gasteiger partial charge is 0.225 e. The van der Waals surface area contributed by atoms with Crippen molar-refractivity contribution in [3.05, 3.63) is 41.5 Å². The molecule has 13 heavy (non-hydrogen) atoms. The zero-order valence-corrected chi connectivity index (χ0v) is 7.95. The van der Waals surface area contributed by atoms with E-state index in [9.17, 15) is 4.79 Å². The third-order valence-electron chi connectivity index (χ3n) is 1.95. The minimum atomic E-state index is 0.552. The molecular weight excluding hydrogens is 160 g/mol. The molecule has 0 saturated carbocycles. The van der Waals surface area contributed by atoms with E-state index >= 15 is 0 Å². The molecule has 0 atom stereocenters. The Morgan fingerprint density at radius 3 is 2.31 bits per heavy atom. The van der Waals surface area contributed by atoms with Crippen LogP contribution in [0.3, 0.4) is 0 Å². The van der Waals surface area contributed by atoms with Crippen molar-refractivity contribution < 1.29 is 4.79 Å². The maximum absolute atomic E-state index is 9.94. The first kappa shape index (κ1) is 9.72. The first-order chi connectivity index (χ1) is 6.24. The van der Waals surface area contributed by atoms with E-state index in [0.717, 1.165) is 5.56 Å². The lowest BCUT2D eigenvalue weighted by Crippen LogP contribution is -1.85. The van der Waals surface area contributed by atoms with Crippen molar-refractivity contribution in [1.29, 1.82) is 0 Å². The van der Waals surface area contributed by atoms with E-state index < -0.39 is 0 Å². The van der Waals surface area contributed by atoms with E-state index in [2.05, 4.69) is 26.0 Å². The van der Waals surface area contributed by atoms with Crippen LogP contribution in [-0.2, 0) is 4.79 Å². The van der Waals surface area contributed by atoms with Gasteiger partial charge in [-0.2, -0.15) is 0 Å². The highest BCUT2D eigenvalue weighted by atomic mass is 16.1. The zero-order chi connectivity index (χ0) is 9.68. The fourth-order valence-electron chi connectivity index (χ4n) is 1.12. The van der Waals surface area contributed by atoms with Crippen LogP contribution in [0.5, 0.6) is 0 Å². The number of hydrogen-bond donors (Lipinski definition) is 0. The molecule has 1 nitrogen and oxygen atoms in total. The van der Waals surface area contributed by atoms with Crippen molar-refractivity contribution in [2.24, 2.45) is 0 Å². The third kappa shape index (κ3) is 2.86. The van der Waals surface area contributed by atoms with Crippen molar-refractivity contribution in [2.45, 2.75) is 19.8 Å². The SMILES string of the molecule is CC(C)c1ccc(/C=C/[C]=O)cc1. The Balaban J connectivity index is 2.81. The van der Waals surface area contributed by atoms with Crippen LogP contribution in [0.4, 0.5) is 0 Å². The van der Waals surface area contributed by atoms with Crippen LogP contribution < -0.4 is 0 Å². The molecule has 1 aromatic carbocycles. The lowest BCUT2D eigenvalue weighted by molar-refractivity contribution is 0.564. The van der Waals surface area contributed by atoms with Crippen molar-refractivity contribution in [2.75, 3.05) is 0 Å². The van der Waals surface area contributed by atoms with Gasteiger partial charge in [-0.05, 0) is 23.1 Å². The maximum atomic E-state index is 9.94. The van der Waals surface area contributed by atoms with Gasteiger partial charge in [0, 0.05) is 0 Å². The van der Waals surface area contributed by atoms with E-state index in [1.54, 1.807) is 12.4 Å². The Morgan fingerprint density at radius 2 is 1.85 bits per heavy atom. The monoisotopic (exact) mass is 173 g/mol. The summed E-state index contributed by atoms with van der Waals surface area (Å²) in [7, 11) is 0. The molecule has 0 aliphatic rings. The Bertz CT molecular complexity index is 293. The third-order valence-corrected chi connectivity index (χ3v) is 1.95. The van der Waals surface area contributed by atoms with Crippen LogP contribution in [0.2, 0.25) is 0 Å². The van der Waals surface area contributed by atoms with Crippen LogP contribution in [0.25, 0.3) is 6.08 Å². The largest absolute Gasteiger partial charge is 0.286 e. The summed E-state index contributed by atoms with van der Waals surface area (Å²) in [5.74, 6) is 0.552. The standard InChI is InChI=1S/C12H13O/c1-10(2)12-7-5-11(6-8-12)4-3-9-13/h3-8,10H,1-2H3/b4-3+. The first-order valence-corrected chi connectivity index (χ1v) is 4.38. The number of rotatable bonds is 3. The molecule has 1 aromatic rings.